The lowest BCUT2D eigenvalue weighted by atomic mass is 9.90. The zero-order valence-corrected chi connectivity index (χ0v) is 9.45. The highest BCUT2D eigenvalue weighted by atomic mass is 16.5. The van der Waals surface area contributed by atoms with E-state index in [9.17, 15) is 4.79 Å². The second-order valence-electron chi connectivity index (χ2n) is 4.44. The maximum atomic E-state index is 10.4. The Labute approximate surface area is 96.6 Å². The lowest BCUT2D eigenvalue weighted by Crippen LogP contribution is -2.15. The minimum absolute atomic E-state index is 0.574. The van der Waals surface area contributed by atoms with Crippen molar-refractivity contribution in [1.82, 2.24) is 0 Å². The SMILES string of the molecule is O=[C]c1ccc(OCC2CCCCC2)cc1. The molecule has 2 nitrogen and oxygen atoms in total. The molecular weight excluding hydrogens is 200 g/mol. The van der Waals surface area contributed by atoms with Crippen molar-refractivity contribution in [3.8, 4) is 5.75 Å². The molecule has 0 N–H and O–H groups in total. The number of hydrogen-bond acceptors (Lipinski definition) is 2. The van der Waals surface area contributed by atoms with Crippen LogP contribution in [-0.4, -0.2) is 12.9 Å². The van der Waals surface area contributed by atoms with Gasteiger partial charge in [-0.15, -0.1) is 0 Å². The Bertz CT molecular complexity index is 323. The molecule has 0 aromatic heterocycles. The van der Waals surface area contributed by atoms with E-state index < -0.39 is 0 Å². The average Bonchev–Trinajstić information content (AvgIpc) is 2.38. The molecule has 1 saturated carbocycles. The second kappa shape index (κ2) is 5.69. The van der Waals surface area contributed by atoms with E-state index in [1.54, 1.807) is 12.1 Å². The molecule has 16 heavy (non-hydrogen) atoms. The molecule has 1 aromatic carbocycles. The molecule has 1 radical (unpaired) electrons. The first-order chi connectivity index (χ1) is 7.88. The minimum atomic E-state index is 0.574. The van der Waals surface area contributed by atoms with Gasteiger partial charge >= 0.3 is 0 Å². The van der Waals surface area contributed by atoms with Gasteiger partial charge in [0.05, 0.1) is 6.61 Å². The molecule has 1 aliphatic rings. The van der Waals surface area contributed by atoms with Crippen molar-refractivity contribution in [3.63, 3.8) is 0 Å². The van der Waals surface area contributed by atoms with Gasteiger partial charge in [-0.25, -0.2) is 0 Å². The van der Waals surface area contributed by atoms with Gasteiger partial charge in [0.1, 0.15) is 5.75 Å². The lowest BCUT2D eigenvalue weighted by molar-refractivity contribution is 0.209. The largest absolute Gasteiger partial charge is 0.493 e. The smallest absolute Gasteiger partial charge is 0.233 e. The summed E-state index contributed by atoms with van der Waals surface area (Å²) < 4.78 is 5.72. The monoisotopic (exact) mass is 217 g/mol. The molecule has 1 fully saturated rings. The highest BCUT2D eigenvalue weighted by Gasteiger charge is 2.13. The van der Waals surface area contributed by atoms with Crippen LogP contribution in [0.2, 0.25) is 0 Å². The number of rotatable bonds is 4. The summed E-state index contributed by atoms with van der Waals surface area (Å²) in [7, 11) is 0. The van der Waals surface area contributed by atoms with Crippen LogP contribution in [-0.2, 0) is 4.79 Å². The fraction of sp³-hybridized carbons (Fsp3) is 0.500. The van der Waals surface area contributed by atoms with E-state index in [-0.39, 0.29) is 0 Å². The predicted octanol–water partition coefficient (Wildman–Crippen LogP) is 3.10. The van der Waals surface area contributed by atoms with E-state index in [4.69, 9.17) is 4.74 Å². The summed E-state index contributed by atoms with van der Waals surface area (Å²) in [6, 6.07) is 7.15. The van der Waals surface area contributed by atoms with Crippen molar-refractivity contribution in [2.24, 2.45) is 5.92 Å². The van der Waals surface area contributed by atoms with Crippen LogP contribution < -0.4 is 4.74 Å². The molecule has 0 saturated heterocycles. The first-order valence-corrected chi connectivity index (χ1v) is 5.99. The number of carbonyl (C=O) groups excluding carboxylic acids is 1. The molecular formula is C14H17O2. The zero-order valence-electron chi connectivity index (χ0n) is 9.45. The van der Waals surface area contributed by atoms with E-state index in [2.05, 4.69) is 0 Å². The van der Waals surface area contributed by atoms with Crippen molar-refractivity contribution in [2.45, 2.75) is 32.1 Å². The van der Waals surface area contributed by atoms with Crippen LogP contribution in [0.4, 0.5) is 0 Å². The van der Waals surface area contributed by atoms with E-state index in [0.717, 1.165) is 12.4 Å². The standard InChI is InChI=1S/C14H17O2/c15-10-12-6-8-14(9-7-12)16-11-13-4-2-1-3-5-13/h6-9,13H,1-5,11H2. The number of benzene rings is 1. The normalized spacial score (nSPS) is 17.0. The summed E-state index contributed by atoms with van der Waals surface area (Å²) in [4.78, 5) is 10.4. The van der Waals surface area contributed by atoms with Crippen LogP contribution in [0.5, 0.6) is 5.75 Å². The van der Waals surface area contributed by atoms with Crippen molar-refractivity contribution in [3.05, 3.63) is 29.8 Å². The summed E-state index contributed by atoms with van der Waals surface area (Å²) in [5.41, 5.74) is 0.574. The molecule has 0 atom stereocenters. The molecule has 2 heteroatoms. The van der Waals surface area contributed by atoms with Crippen LogP contribution in [0.3, 0.4) is 0 Å². The maximum absolute atomic E-state index is 10.4. The molecule has 2 rings (SSSR count). The quantitative estimate of drug-likeness (QED) is 0.774. The van der Waals surface area contributed by atoms with Crippen LogP contribution in [0.15, 0.2) is 24.3 Å². The van der Waals surface area contributed by atoms with Crippen molar-refractivity contribution < 1.29 is 9.53 Å². The first kappa shape index (κ1) is 11.2. The third kappa shape index (κ3) is 3.09. The summed E-state index contributed by atoms with van der Waals surface area (Å²) in [6.07, 6.45) is 8.49. The van der Waals surface area contributed by atoms with Gasteiger partial charge in [0.15, 0.2) is 0 Å². The van der Waals surface area contributed by atoms with Crippen LogP contribution in [0.25, 0.3) is 0 Å². The van der Waals surface area contributed by atoms with Gasteiger partial charge in [-0.05, 0) is 43.0 Å². The van der Waals surface area contributed by atoms with Crippen LogP contribution in [0, 0.1) is 5.92 Å². The van der Waals surface area contributed by atoms with Gasteiger partial charge in [-0.1, -0.05) is 19.3 Å². The molecule has 0 unspecified atom stereocenters. The van der Waals surface area contributed by atoms with E-state index in [1.807, 2.05) is 18.4 Å². The van der Waals surface area contributed by atoms with Gasteiger partial charge in [-0.2, -0.15) is 0 Å². The third-order valence-electron chi connectivity index (χ3n) is 3.18. The molecule has 0 amide bonds. The molecule has 1 aromatic rings. The minimum Gasteiger partial charge on any atom is -0.493 e. The number of hydrogen-bond donors (Lipinski definition) is 0. The molecule has 1 aliphatic carbocycles. The Hall–Kier alpha value is -1.31. The van der Waals surface area contributed by atoms with Gasteiger partial charge < -0.3 is 4.74 Å². The Kier molecular flexibility index (Phi) is 3.97. The van der Waals surface area contributed by atoms with Gasteiger partial charge in [0.25, 0.3) is 0 Å². The first-order valence-electron chi connectivity index (χ1n) is 5.99. The molecule has 85 valence electrons. The lowest BCUT2D eigenvalue weighted by Gasteiger charge is -2.21. The number of ether oxygens (including phenoxy) is 1. The van der Waals surface area contributed by atoms with Gasteiger partial charge in [-0.3, -0.25) is 4.79 Å². The van der Waals surface area contributed by atoms with E-state index in [1.165, 1.54) is 32.1 Å². The average molecular weight is 217 g/mol. The Morgan fingerprint density at radius 2 is 1.81 bits per heavy atom. The highest BCUT2D eigenvalue weighted by Crippen LogP contribution is 2.24. The molecule has 0 bridgehead atoms. The van der Waals surface area contributed by atoms with Crippen LogP contribution >= 0.6 is 0 Å². The second-order valence-corrected chi connectivity index (χ2v) is 4.44. The van der Waals surface area contributed by atoms with E-state index in [0.29, 0.717) is 11.5 Å². The fourth-order valence-electron chi connectivity index (χ4n) is 2.19. The maximum Gasteiger partial charge on any atom is 0.233 e. The van der Waals surface area contributed by atoms with Crippen molar-refractivity contribution >= 4 is 6.29 Å². The summed E-state index contributed by atoms with van der Waals surface area (Å²) in [6.45, 7) is 0.810. The topological polar surface area (TPSA) is 26.3 Å². The van der Waals surface area contributed by atoms with Gasteiger partial charge in [0.2, 0.25) is 6.29 Å². The summed E-state index contributed by atoms with van der Waals surface area (Å²) >= 11 is 0. The Morgan fingerprint density at radius 1 is 1.12 bits per heavy atom. The molecule has 0 aliphatic heterocycles. The summed E-state index contributed by atoms with van der Waals surface area (Å²) in [5, 5.41) is 0. The molecule has 0 spiro atoms. The Balaban J connectivity index is 1.81. The zero-order chi connectivity index (χ0) is 11.2. The van der Waals surface area contributed by atoms with E-state index >= 15 is 0 Å². The predicted molar refractivity (Wildman–Crippen MR) is 63.3 cm³/mol. The molecule has 0 heterocycles. The highest BCUT2D eigenvalue weighted by molar-refractivity contribution is 5.75. The fourth-order valence-corrected chi connectivity index (χ4v) is 2.19. The summed E-state index contributed by atoms with van der Waals surface area (Å²) in [5.74, 6) is 1.57. The van der Waals surface area contributed by atoms with Crippen molar-refractivity contribution in [1.29, 1.82) is 0 Å². The Morgan fingerprint density at radius 3 is 2.44 bits per heavy atom. The van der Waals surface area contributed by atoms with Crippen LogP contribution in [0.1, 0.15) is 37.7 Å². The third-order valence-corrected chi connectivity index (χ3v) is 3.18. The van der Waals surface area contributed by atoms with Crippen molar-refractivity contribution in [2.75, 3.05) is 6.61 Å². The van der Waals surface area contributed by atoms with Gasteiger partial charge in [0, 0.05) is 5.56 Å².